The molecule has 0 aliphatic carbocycles. The molecule has 0 atom stereocenters. The molecule has 1 heterocycles. The Bertz CT molecular complexity index is 320. The van der Waals surface area contributed by atoms with E-state index in [4.69, 9.17) is 11.6 Å². The lowest BCUT2D eigenvalue weighted by Crippen LogP contribution is -1.72. The lowest BCUT2D eigenvalue weighted by Gasteiger charge is -1.86. The predicted molar refractivity (Wildman–Crippen MR) is 59.3 cm³/mol. The summed E-state index contributed by atoms with van der Waals surface area (Å²) in [5.41, 5.74) is 0.883. The Morgan fingerprint density at radius 1 is 1.31 bits per heavy atom. The zero-order valence-electron chi connectivity index (χ0n) is 7.17. The van der Waals surface area contributed by atoms with Gasteiger partial charge in [0.05, 0.1) is 0 Å². The van der Waals surface area contributed by atoms with E-state index in [1.54, 1.807) is 6.20 Å². The molecule has 0 spiro atoms. The van der Waals surface area contributed by atoms with Crippen molar-refractivity contribution >= 4 is 27.5 Å². The van der Waals surface area contributed by atoms with Gasteiger partial charge in [-0.1, -0.05) is 33.6 Å². The largest absolute Gasteiger partial charge is 0.262 e. The number of aryl methyl sites for hydroxylation is 1. The van der Waals surface area contributed by atoms with Gasteiger partial charge in [0, 0.05) is 21.4 Å². The van der Waals surface area contributed by atoms with Crippen LogP contribution in [-0.2, 0) is 0 Å². The molecule has 68 valence electrons. The first-order valence-electron chi connectivity index (χ1n) is 3.80. The van der Waals surface area contributed by atoms with Gasteiger partial charge in [-0.25, -0.2) is 0 Å². The second kappa shape index (κ2) is 5.20. The maximum Gasteiger partial charge on any atom is 0.0423 e. The van der Waals surface area contributed by atoms with Gasteiger partial charge in [-0.15, -0.1) is 0 Å². The van der Waals surface area contributed by atoms with Crippen LogP contribution in [0.15, 0.2) is 41.0 Å². The zero-order chi connectivity index (χ0) is 9.68. The smallest absolute Gasteiger partial charge is 0.0423 e. The molecule has 0 N–H and O–H groups in total. The molecule has 0 unspecified atom stereocenters. The van der Waals surface area contributed by atoms with Crippen molar-refractivity contribution in [3.05, 3.63) is 51.7 Å². The fourth-order valence-corrected chi connectivity index (χ4v) is 1.30. The number of rotatable bonds is 0. The third-order valence-corrected chi connectivity index (χ3v) is 2.13. The number of hydrogen-bond donors (Lipinski definition) is 0. The summed E-state index contributed by atoms with van der Waals surface area (Å²) in [6.07, 6.45) is 1.73. The van der Waals surface area contributed by atoms with Crippen molar-refractivity contribution in [2.75, 3.05) is 0 Å². The number of hydrogen-bond acceptors (Lipinski definition) is 1. The van der Waals surface area contributed by atoms with Gasteiger partial charge in [-0.05, 0) is 31.2 Å². The van der Waals surface area contributed by atoms with Crippen molar-refractivity contribution in [1.29, 1.82) is 0 Å². The minimum atomic E-state index is 0.674. The Morgan fingerprint density at radius 2 is 2.08 bits per heavy atom. The Morgan fingerprint density at radius 3 is 2.85 bits per heavy atom. The molecular formula is C10H9BrClN. The van der Waals surface area contributed by atoms with Gasteiger partial charge >= 0.3 is 0 Å². The summed E-state index contributed by atoms with van der Waals surface area (Å²) in [5.74, 6) is 0. The van der Waals surface area contributed by atoms with Crippen molar-refractivity contribution in [3.63, 3.8) is 0 Å². The molecule has 13 heavy (non-hydrogen) atoms. The first-order chi connectivity index (χ1) is 6.18. The average Bonchev–Trinajstić information content (AvgIpc) is 2.03. The minimum absolute atomic E-state index is 0.674. The molecule has 1 rings (SSSR count). The van der Waals surface area contributed by atoms with Crippen molar-refractivity contribution in [1.82, 2.24) is 4.98 Å². The van der Waals surface area contributed by atoms with Crippen LogP contribution in [0.1, 0.15) is 5.69 Å². The summed E-state index contributed by atoms with van der Waals surface area (Å²) in [6, 6.07) is 9.30. The van der Waals surface area contributed by atoms with E-state index >= 15 is 0 Å². The van der Waals surface area contributed by atoms with E-state index in [0.717, 1.165) is 10.2 Å². The Labute approximate surface area is 91.2 Å². The van der Waals surface area contributed by atoms with E-state index in [2.05, 4.69) is 20.9 Å². The molecule has 0 saturated carbocycles. The molecular weight excluding hydrogens is 249 g/mol. The topological polar surface area (TPSA) is 12.9 Å². The highest BCUT2D eigenvalue weighted by Crippen LogP contribution is 2.07. The monoisotopic (exact) mass is 257 g/mol. The highest BCUT2D eigenvalue weighted by atomic mass is 79.9. The molecule has 0 aliphatic heterocycles. The van der Waals surface area contributed by atoms with E-state index in [0.29, 0.717) is 5.02 Å². The maximum absolute atomic E-state index is 5.89. The summed E-state index contributed by atoms with van der Waals surface area (Å²) in [5, 5.41) is 0.674. The van der Waals surface area contributed by atoms with Crippen molar-refractivity contribution in [3.8, 4) is 0 Å². The van der Waals surface area contributed by atoms with Crippen molar-refractivity contribution < 1.29 is 0 Å². The van der Waals surface area contributed by atoms with Crippen LogP contribution in [0.25, 0.3) is 0 Å². The van der Waals surface area contributed by atoms with Crippen LogP contribution in [0.2, 0.25) is 5.02 Å². The molecule has 0 fully saturated rings. The lowest BCUT2D eigenvalue weighted by atomic mass is 10.4. The number of aromatic nitrogens is 1. The SMILES string of the molecule is Cc1cc(Cl)cccc(Br)ccn1. The highest BCUT2D eigenvalue weighted by molar-refractivity contribution is 9.10. The summed E-state index contributed by atoms with van der Waals surface area (Å²) in [4.78, 5) is 4.16. The van der Waals surface area contributed by atoms with E-state index < -0.39 is 0 Å². The Kier molecular flexibility index (Phi) is 4.19. The van der Waals surface area contributed by atoms with Crippen LogP contribution in [0.3, 0.4) is 0 Å². The molecule has 0 aromatic carbocycles. The molecule has 0 saturated heterocycles. The molecule has 0 amide bonds. The molecule has 1 aromatic rings. The van der Waals surface area contributed by atoms with Crippen LogP contribution >= 0.6 is 27.5 Å². The van der Waals surface area contributed by atoms with Gasteiger partial charge in [0.15, 0.2) is 0 Å². The Hall–Kier alpha value is -0.600. The van der Waals surface area contributed by atoms with Crippen LogP contribution in [0, 0.1) is 6.92 Å². The lowest BCUT2D eigenvalue weighted by molar-refractivity contribution is 1.22. The second-order valence-corrected chi connectivity index (χ2v) is 3.88. The summed E-state index contributed by atoms with van der Waals surface area (Å²) in [7, 11) is 0. The van der Waals surface area contributed by atoms with Gasteiger partial charge in [-0.3, -0.25) is 4.98 Å². The van der Waals surface area contributed by atoms with E-state index in [1.165, 1.54) is 0 Å². The van der Waals surface area contributed by atoms with Gasteiger partial charge in [0.1, 0.15) is 0 Å². The maximum atomic E-state index is 5.89. The van der Waals surface area contributed by atoms with E-state index in [9.17, 15) is 0 Å². The standard InChI is InChI=1S/C10H9BrClN/c1-8-7-10(12)4-2-3-9(11)5-6-13-8/h2-7H,1H3. The fourth-order valence-electron chi connectivity index (χ4n) is 0.798. The van der Waals surface area contributed by atoms with Crippen LogP contribution < -0.4 is 0 Å². The summed E-state index contributed by atoms with van der Waals surface area (Å²) in [6.45, 7) is 1.90. The van der Waals surface area contributed by atoms with Crippen LogP contribution in [0.4, 0.5) is 0 Å². The third kappa shape index (κ3) is 4.25. The van der Waals surface area contributed by atoms with Crippen LogP contribution in [-0.4, -0.2) is 4.98 Å². The number of halogens is 2. The molecule has 0 radical (unpaired) electrons. The van der Waals surface area contributed by atoms with Gasteiger partial charge in [0.25, 0.3) is 0 Å². The van der Waals surface area contributed by atoms with E-state index in [1.807, 2.05) is 37.3 Å². The first-order valence-corrected chi connectivity index (χ1v) is 4.97. The molecule has 1 nitrogen and oxygen atoms in total. The third-order valence-electron chi connectivity index (χ3n) is 1.37. The fraction of sp³-hybridized carbons (Fsp3) is 0.100. The minimum Gasteiger partial charge on any atom is -0.262 e. The first kappa shape index (κ1) is 10.5. The van der Waals surface area contributed by atoms with Gasteiger partial charge in [-0.2, -0.15) is 0 Å². The number of nitrogens with zero attached hydrogens (tertiary/aromatic N) is 1. The predicted octanol–water partition coefficient (Wildman–Crippen LogP) is 3.93. The average molecular weight is 259 g/mol. The highest BCUT2D eigenvalue weighted by Gasteiger charge is 1.83. The molecule has 0 aliphatic rings. The van der Waals surface area contributed by atoms with E-state index in [-0.39, 0.29) is 0 Å². The Balaban J connectivity index is 3.31. The van der Waals surface area contributed by atoms with Crippen molar-refractivity contribution in [2.24, 2.45) is 0 Å². The summed E-state index contributed by atoms with van der Waals surface area (Å²) < 4.78 is 0.965. The van der Waals surface area contributed by atoms with Gasteiger partial charge < -0.3 is 0 Å². The van der Waals surface area contributed by atoms with Crippen molar-refractivity contribution in [2.45, 2.75) is 6.92 Å². The molecule has 0 bridgehead atoms. The quantitative estimate of drug-likeness (QED) is 0.687. The van der Waals surface area contributed by atoms with Gasteiger partial charge in [0.2, 0.25) is 0 Å². The summed E-state index contributed by atoms with van der Waals surface area (Å²) >= 11 is 9.25. The normalized spacial score (nSPS) is 9.15. The zero-order valence-corrected chi connectivity index (χ0v) is 9.51. The second-order valence-electron chi connectivity index (χ2n) is 2.53. The molecule has 3 heteroatoms. The van der Waals surface area contributed by atoms with Crippen LogP contribution in [0.5, 0.6) is 0 Å². The molecule has 1 aromatic heterocycles.